The lowest BCUT2D eigenvalue weighted by Crippen LogP contribution is -2.26. The molecule has 0 bridgehead atoms. The highest BCUT2D eigenvalue weighted by Crippen LogP contribution is 2.63. The van der Waals surface area contributed by atoms with Gasteiger partial charge in [-0.15, -0.1) is 13.2 Å². The second kappa shape index (κ2) is 24.9. The fourth-order valence-corrected chi connectivity index (χ4v) is 13.2. The Kier molecular flexibility index (Phi) is 15.9. The highest BCUT2D eigenvalue weighted by atomic mass is 15.1. The highest BCUT2D eigenvalue weighted by molar-refractivity contribution is 6.10. The van der Waals surface area contributed by atoms with Crippen molar-refractivity contribution in [2.75, 3.05) is 4.90 Å². The molecule has 2 aliphatic rings. The molecule has 1 aromatic heterocycles. The van der Waals surface area contributed by atoms with Crippen LogP contribution in [0.2, 0.25) is 0 Å². The molecule has 0 radical (unpaired) electrons. The largest absolute Gasteiger partial charge is 0.310 e. The lowest BCUT2D eigenvalue weighted by atomic mass is 9.70. The lowest BCUT2D eigenvalue weighted by Gasteiger charge is -2.32. The Bertz CT molecular complexity index is 4680. The molecule has 2 heteroatoms. The summed E-state index contributed by atoms with van der Waals surface area (Å²) in [4.78, 5) is 2.43. The summed E-state index contributed by atoms with van der Waals surface area (Å²) in [6.07, 6.45) is 3.50. The quantitative estimate of drug-likeness (QED) is 0.138. The maximum Gasteiger partial charge on any atom is 0.0726 e. The molecule has 0 unspecified atom stereocenters. The molecule has 13 aromatic carbocycles. The van der Waals surface area contributed by atoms with Crippen LogP contribution in [0.4, 0.5) is 17.1 Å². The summed E-state index contributed by atoms with van der Waals surface area (Å²) >= 11 is 0. The zero-order chi connectivity index (χ0) is 60.0. The fourth-order valence-electron chi connectivity index (χ4n) is 13.2. The molecular formula is C86H68N2. The number of anilines is 3. The summed E-state index contributed by atoms with van der Waals surface area (Å²) in [5.74, 6) is 0. The number of allylic oxidation sites excluding steroid dienone is 2. The molecule has 16 rings (SSSR count). The van der Waals surface area contributed by atoms with Gasteiger partial charge in [0.05, 0.1) is 16.4 Å². The minimum Gasteiger partial charge on any atom is -0.310 e. The molecule has 0 atom stereocenters. The Balaban J connectivity index is 0.000000499. The van der Waals surface area contributed by atoms with Gasteiger partial charge in [0.1, 0.15) is 0 Å². The maximum atomic E-state index is 3.36. The molecule has 0 saturated heterocycles. The molecule has 2 aliphatic carbocycles. The van der Waals surface area contributed by atoms with Crippen molar-refractivity contribution in [1.29, 1.82) is 0 Å². The Morgan fingerprint density at radius 2 is 0.636 bits per heavy atom. The number of aromatic nitrogens is 1. The first-order valence-corrected chi connectivity index (χ1v) is 30.4. The molecule has 0 saturated carbocycles. The molecule has 1 spiro atoms. The second-order valence-corrected chi connectivity index (χ2v) is 22.5. The molecule has 0 fully saturated rings. The van der Waals surface area contributed by atoms with Gasteiger partial charge in [-0.25, -0.2) is 0 Å². The topological polar surface area (TPSA) is 8.17 Å². The highest BCUT2D eigenvalue weighted by Gasteiger charge is 2.51. The number of para-hydroxylation sites is 2. The number of hydrogen-bond acceptors (Lipinski definition) is 1. The molecular weight excluding hydrogens is 1060 g/mol. The third kappa shape index (κ3) is 10.4. The number of hydrogen-bond donors (Lipinski definition) is 0. The van der Waals surface area contributed by atoms with Gasteiger partial charge in [0, 0.05) is 33.5 Å². The number of rotatable bonds is 8. The van der Waals surface area contributed by atoms with Crippen LogP contribution in [0.1, 0.15) is 41.7 Å². The van der Waals surface area contributed by atoms with Crippen molar-refractivity contribution in [3.63, 3.8) is 0 Å². The first kappa shape index (κ1) is 56.1. The summed E-state index contributed by atoms with van der Waals surface area (Å²) in [6.45, 7) is 12.6. The number of fused-ring (bicyclic) bond motifs is 13. The van der Waals surface area contributed by atoms with E-state index in [0.29, 0.717) is 0 Å². The summed E-state index contributed by atoms with van der Waals surface area (Å²) in [6, 6.07) is 118. The average Bonchev–Trinajstić information content (AvgIpc) is 1.52. The van der Waals surface area contributed by atoms with Crippen molar-refractivity contribution in [1.82, 2.24) is 4.57 Å². The van der Waals surface area contributed by atoms with Crippen molar-refractivity contribution < 1.29 is 0 Å². The predicted molar refractivity (Wildman–Crippen MR) is 376 cm³/mol. The number of nitrogens with zero attached hydrogens (tertiary/aromatic N) is 2. The van der Waals surface area contributed by atoms with Crippen molar-refractivity contribution in [2.45, 2.75) is 26.2 Å². The average molecular weight is 1130 g/mol. The summed E-state index contributed by atoms with van der Waals surface area (Å²) in [5.41, 5.74) is 27.9. The van der Waals surface area contributed by atoms with Gasteiger partial charge in [-0.1, -0.05) is 273 Å². The van der Waals surface area contributed by atoms with Gasteiger partial charge in [0.2, 0.25) is 0 Å². The van der Waals surface area contributed by atoms with Crippen LogP contribution in [-0.4, -0.2) is 4.57 Å². The zero-order valence-electron chi connectivity index (χ0n) is 50.1. The normalized spacial score (nSPS) is 11.8. The molecule has 422 valence electrons. The van der Waals surface area contributed by atoms with Crippen LogP contribution in [0.25, 0.3) is 94.3 Å². The van der Waals surface area contributed by atoms with E-state index in [2.05, 4.69) is 333 Å². The third-order valence-corrected chi connectivity index (χ3v) is 17.0. The second-order valence-electron chi connectivity index (χ2n) is 22.5. The van der Waals surface area contributed by atoms with Crippen LogP contribution < -0.4 is 4.90 Å². The van der Waals surface area contributed by atoms with Crippen LogP contribution >= 0.6 is 0 Å². The Morgan fingerprint density at radius 3 is 1.10 bits per heavy atom. The third-order valence-electron chi connectivity index (χ3n) is 17.0. The Labute approximate surface area is 518 Å². The van der Waals surface area contributed by atoms with Crippen LogP contribution in [0.15, 0.2) is 347 Å². The molecule has 0 amide bonds. The van der Waals surface area contributed by atoms with Crippen LogP contribution in [0, 0.1) is 6.92 Å². The van der Waals surface area contributed by atoms with Gasteiger partial charge in [0.25, 0.3) is 0 Å². The van der Waals surface area contributed by atoms with E-state index in [9.17, 15) is 0 Å². The van der Waals surface area contributed by atoms with Crippen molar-refractivity contribution in [3.05, 3.63) is 375 Å². The van der Waals surface area contributed by atoms with E-state index >= 15 is 0 Å². The molecule has 1 heterocycles. The molecule has 2 nitrogen and oxygen atoms in total. The minimum absolute atomic E-state index is 0.433. The lowest BCUT2D eigenvalue weighted by molar-refractivity contribution is 0.793. The zero-order valence-corrected chi connectivity index (χ0v) is 50.1. The van der Waals surface area contributed by atoms with Gasteiger partial charge in [-0.3, -0.25) is 0 Å². The van der Waals surface area contributed by atoms with E-state index in [1.165, 1.54) is 122 Å². The molecule has 88 heavy (non-hydrogen) atoms. The van der Waals surface area contributed by atoms with Gasteiger partial charge < -0.3 is 9.47 Å². The van der Waals surface area contributed by atoms with Crippen molar-refractivity contribution in [2.24, 2.45) is 0 Å². The van der Waals surface area contributed by atoms with Gasteiger partial charge in [-0.05, 0) is 177 Å². The Hall–Kier alpha value is -11.1. The van der Waals surface area contributed by atoms with Gasteiger partial charge in [0.15, 0.2) is 0 Å². The molecule has 0 aliphatic heterocycles. The van der Waals surface area contributed by atoms with E-state index in [1.807, 2.05) is 32.0 Å². The van der Waals surface area contributed by atoms with Crippen LogP contribution in [0.3, 0.4) is 0 Å². The summed E-state index contributed by atoms with van der Waals surface area (Å²) < 4.78 is 2.37. The number of benzene rings is 13. The smallest absolute Gasteiger partial charge is 0.0726 e. The van der Waals surface area contributed by atoms with Crippen LogP contribution in [0.5, 0.6) is 0 Å². The standard InChI is InChI=1S/C73H48N2.C7H8.2C3H6/c1-3-15-49(16-4-1)53-35-40-58(41-36-53)74(60-44-45-64-63-21-9-13-25-69(63)73(70(64)48-60)67-23-11-7-19-61(67)62-20-8-12-24-68(62)73)59-42-37-54(38-43-59)52-29-27-50(28-30-52)51-31-33-55(34-32-51)56-39-46-72-66(47-56)65-22-10-14-26-71(65)75(72)57-17-5-2-6-18-57;1-7-5-3-2-4-6-7;2*1-3-2/h1-48H;2-6H,1H3;2*3H,1H2,2H3. The van der Waals surface area contributed by atoms with E-state index in [1.54, 1.807) is 12.2 Å². The monoisotopic (exact) mass is 1130 g/mol. The first-order valence-electron chi connectivity index (χ1n) is 30.4. The van der Waals surface area contributed by atoms with E-state index in [4.69, 9.17) is 0 Å². The first-order chi connectivity index (χ1) is 43.4. The van der Waals surface area contributed by atoms with Crippen molar-refractivity contribution in [3.8, 4) is 72.4 Å². The van der Waals surface area contributed by atoms with E-state index in [0.717, 1.165) is 17.1 Å². The summed E-state index contributed by atoms with van der Waals surface area (Å²) in [5, 5.41) is 2.52. The fraction of sp³-hybridized carbons (Fsp3) is 0.0465. The van der Waals surface area contributed by atoms with Gasteiger partial charge in [-0.2, -0.15) is 0 Å². The summed E-state index contributed by atoms with van der Waals surface area (Å²) in [7, 11) is 0. The SMILES string of the molecule is C=CC.C=CC.Cc1ccccc1.c1ccc(-c2ccc(N(c3ccc(-c4ccc(-c5ccc(-c6ccc7c(c6)c6ccccc6n7-c6ccccc6)cc5)cc4)cc3)c3ccc4c(c3)C3(c5ccccc5-c5ccccc53)c3ccccc3-4)cc2)cc1. The molecule has 14 aromatic rings. The molecule has 0 N–H and O–H groups in total. The minimum atomic E-state index is -0.433. The predicted octanol–water partition coefficient (Wildman–Crippen LogP) is 23.6. The van der Waals surface area contributed by atoms with Crippen molar-refractivity contribution >= 4 is 38.9 Å². The van der Waals surface area contributed by atoms with E-state index in [-0.39, 0.29) is 0 Å². The van der Waals surface area contributed by atoms with Gasteiger partial charge >= 0.3 is 0 Å². The Morgan fingerprint density at radius 1 is 0.295 bits per heavy atom. The van der Waals surface area contributed by atoms with E-state index < -0.39 is 5.41 Å². The van der Waals surface area contributed by atoms with Crippen LogP contribution in [-0.2, 0) is 5.41 Å². The number of aryl methyl sites for hydroxylation is 1. The maximum absolute atomic E-state index is 3.36.